The SMILES string of the molecule is O=C(O)C1c2ccccc2C2CN1C(=O)N2OCc1ccccc1. The number of carboxylic acids is 1. The number of hydroxylamine groups is 2. The fourth-order valence-corrected chi connectivity index (χ4v) is 3.40. The van der Waals surface area contributed by atoms with Crippen LogP contribution in [-0.4, -0.2) is 33.6 Å². The minimum absolute atomic E-state index is 0.261. The number of fused-ring (bicyclic) bond motifs is 4. The van der Waals surface area contributed by atoms with E-state index < -0.39 is 18.0 Å². The fraction of sp³-hybridized carbons (Fsp3) is 0.222. The highest BCUT2D eigenvalue weighted by molar-refractivity contribution is 5.87. The van der Waals surface area contributed by atoms with Gasteiger partial charge in [-0.2, -0.15) is 5.06 Å². The topological polar surface area (TPSA) is 70.1 Å². The number of urea groups is 1. The molecule has 1 saturated heterocycles. The summed E-state index contributed by atoms with van der Waals surface area (Å²) < 4.78 is 0. The Morgan fingerprint density at radius 2 is 1.75 bits per heavy atom. The Morgan fingerprint density at radius 1 is 1.08 bits per heavy atom. The van der Waals surface area contributed by atoms with Crippen LogP contribution >= 0.6 is 0 Å². The molecule has 24 heavy (non-hydrogen) atoms. The number of hydrogen-bond acceptors (Lipinski definition) is 3. The molecule has 6 heteroatoms. The number of carboxylic acid groups (broad SMARTS) is 1. The van der Waals surface area contributed by atoms with Crippen molar-refractivity contribution >= 4 is 12.0 Å². The molecule has 4 rings (SSSR count). The third-order valence-electron chi connectivity index (χ3n) is 4.50. The van der Waals surface area contributed by atoms with E-state index in [1.807, 2.05) is 42.5 Å². The first kappa shape index (κ1) is 14.7. The number of carbonyl (C=O) groups is 2. The van der Waals surface area contributed by atoms with E-state index in [1.54, 1.807) is 12.1 Å². The minimum Gasteiger partial charge on any atom is -0.479 e. The quantitative estimate of drug-likeness (QED) is 0.939. The summed E-state index contributed by atoms with van der Waals surface area (Å²) in [6.07, 6.45) is 0. The van der Waals surface area contributed by atoms with Gasteiger partial charge in [-0.3, -0.25) is 4.84 Å². The van der Waals surface area contributed by atoms with Crippen molar-refractivity contribution in [1.29, 1.82) is 0 Å². The van der Waals surface area contributed by atoms with E-state index in [1.165, 1.54) is 9.96 Å². The molecule has 2 amide bonds. The predicted molar refractivity (Wildman–Crippen MR) is 84.7 cm³/mol. The molecule has 1 N–H and O–H groups in total. The van der Waals surface area contributed by atoms with Gasteiger partial charge in [0.05, 0.1) is 6.54 Å². The maximum absolute atomic E-state index is 12.7. The molecule has 2 aromatic carbocycles. The van der Waals surface area contributed by atoms with Gasteiger partial charge < -0.3 is 10.0 Å². The van der Waals surface area contributed by atoms with Gasteiger partial charge in [0.15, 0.2) is 6.04 Å². The zero-order chi connectivity index (χ0) is 16.7. The highest BCUT2D eigenvalue weighted by Crippen LogP contribution is 2.43. The first-order valence-electron chi connectivity index (χ1n) is 7.75. The van der Waals surface area contributed by atoms with E-state index in [9.17, 15) is 14.7 Å². The number of nitrogens with zero attached hydrogens (tertiary/aromatic N) is 2. The average molecular weight is 324 g/mol. The molecule has 2 bridgehead atoms. The van der Waals surface area contributed by atoms with Gasteiger partial charge >= 0.3 is 12.0 Å². The van der Waals surface area contributed by atoms with Crippen molar-refractivity contribution in [3.63, 3.8) is 0 Å². The lowest BCUT2D eigenvalue weighted by Crippen LogP contribution is -2.38. The summed E-state index contributed by atoms with van der Waals surface area (Å²) in [5.41, 5.74) is 2.44. The highest BCUT2D eigenvalue weighted by atomic mass is 16.7. The van der Waals surface area contributed by atoms with Gasteiger partial charge in [-0.05, 0) is 16.7 Å². The van der Waals surface area contributed by atoms with E-state index >= 15 is 0 Å². The number of benzene rings is 2. The number of amides is 2. The van der Waals surface area contributed by atoms with E-state index in [0.29, 0.717) is 12.1 Å². The molecule has 0 radical (unpaired) electrons. The molecule has 2 unspecified atom stereocenters. The third-order valence-corrected chi connectivity index (χ3v) is 4.50. The molecule has 122 valence electrons. The van der Waals surface area contributed by atoms with E-state index in [4.69, 9.17) is 4.84 Å². The first-order chi connectivity index (χ1) is 11.7. The molecule has 2 aliphatic heterocycles. The van der Waals surface area contributed by atoms with Gasteiger partial charge in [0.2, 0.25) is 0 Å². The van der Waals surface area contributed by atoms with Crippen LogP contribution in [0.1, 0.15) is 28.8 Å². The summed E-state index contributed by atoms with van der Waals surface area (Å²) in [4.78, 5) is 31.4. The minimum atomic E-state index is -1.03. The molecule has 2 atom stereocenters. The van der Waals surface area contributed by atoms with Gasteiger partial charge in [0.1, 0.15) is 12.6 Å². The molecule has 0 aromatic heterocycles. The summed E-state index contributed by atoms with van der Waals surface area (Å²) in [7, 11) is 0. The Labute approximate surface area is 138 Å². The normalized spacial score (nSPS) is 21.8. The van der Waals surface area contributed by atoms with E-state index in [-0.39, 0.29) is 12.6 Å². The standard InChI is InChI=1S/C18H16N2O4/c21-17(22)16-14-9-5-4-8-13(14)15-10-19(16)18(23)20(15)24-11-12-6-2-1-3-7-12/h1-9,15-16H,10-11H2,(H,21,22). The van der Waals surface area contributed by atoms with E-state index in [0.717, 1.165) is 11.1 Å². The van der Waals surface area contributed by atoms with Crippen LogP contribution < -0.4 is 0 Å². The molecule has 2 heterocycles. The molecular weight excluding hydrogens is 308 g/mol. The molecular formula is C18H16N2O4. The summed E-state index contributed by atoms with van der Waals surface area (Å²) in [5.74, 6) is -1.03. The lowest BCUT2D eigenvalue weighted by Gasteiger charge is -2.29. The molecule has 0 spiro atoms. The second kappa shape index (κ2) is 5.65. The van der Waals surface area contributed by atoms with E-state index in [2.05, 4.69) is 0 Å². The summed E-state index contributed by atoms with van der Waals surface area (Å²) in [6.45, 7) is 0.582. The van der Waals surface area contributed by atoms with Crippen molar-refractivity contribution in [1.82, 2.24) is 9.96 Å². The lowest BCUT2D eigenvalue weighted by atomic mass is 9.91. The molecule has 2 aromatic rings. The zero-order valence-corrected chi connectivity index (χ0v) is 12.8. The van der Waals surface area contributed by atoms with Crippen LogP contribution in [0.4, 0.5) is 4.79 Å². The summed E-state index contributed by atoms with van der Waals surface area (Å²) in [5, 5.41) is 10.9. The largest absolute Gasteiger partial charge is 0.479 e. The summed E-state index contributed by atoms with van der Waals surface area (Å²) >= 11 is 0. The third kappa shape index (κ3) is 2.23. The van der Waals surface area contributed by atoms with Gasteiger partial charge in [-0.15, -0.1) is 0 Å². The number of rotatable bonds is 4. The van der Waals surface area contributed by atoms with Crippen molar-refractivity contribution in [2.45, 2.75) is 18.7 Å². The molecule has 0 aliphatic carbocycles. The van der Waals surface area contributed by atoms with Crippen LogP contribution in [0, 0.1) is 0 Å². The highest BCUT2D eigenvalue weighted by Gasteiger charge is 2.50. The Morgan fingerprint density at radius 3 is 2.46 bits per heavy atom. The second-order valence-corrected chi connectivity index (χ2v) is 5.91. The second-order valence-electron chi connectivity index (χ2n) is 5.91. The van der Waals surface area contributed by atoms with Crippen LogP contribution in [0.3, 0.4) is 0 Å². The summed E-state index contributed by atoms with van der Waals surface area (Å²) in [6, 6.07) is 15.2. The smallest absolute Gasteiger partial charge is 0.345 e. The van der Waals surface area contributed by atoms with Crippen molar-refractivity contribution in [3.05, 3.63) is 71.3 Å². The van der Waals surface area contributed by atoms with Gasteiger partial charge in [0, 0.05) is 0 Å². The number of carbonyl (C=O) groups excluding carboxylic acids is 1. The molecule has 0 saturated carbocycles. The molecule has 2 aliphatic rings. The van der Waals surface area contributed by atoms with Crippen molar-refractivity contribution in [2.75, 3.05) is 6.54 Å². The Balaban J connectivity index is 1.65. The van der Waals surface area contributed by atoms with Crippen molar-refractivity contribution in [3.8, 4) is 0 Å². The monoisotopic (exact) mass is 324 g/mol. The van der Waals surface area contributed by atoms with Crippen LogP contribution in [0.5, 0.6) is 0 Å². The lowest BCUT2D eigenvalue weighted by molar-refractivity contribution is -0.143. The van der Waals surface area contributed by atoms with Gasteiger partial charge in [-0.25, -0.2) is 9.59 Å². The molecule has 1 fully saturated rings. The number of hydrogen-bond donors (Lipinski definition) is 1. The van der Waals surface area contributed by atoms with Crippen molar-refractivity contribution < 1.29 is 19.5 Å². The zero-order valence-electron chi connectivity index (χ0n) is 12.8. The van der Waals surface area contributed by atoms with Gasteiger partial charge in [-0.1, -0.05) is 54.6 Å². The number of aliphatic carboxylic acids is 1. The van der Waals surface area contributed by atoms with Crippen LogP contribution in [0.2, 0.25) is 0 Å². The maximum atomic E-state index is 12.7. The first-order valence-corrected chi connectivity index (χ1v) is 7.75. The van der Waals surface area contributed by atoms with Gasteiger partial charge in [0.25, 0.3) is 0 Å². The average Bonchev–Trinajstić information content (AvgIpc) is 2.87. The molecule has 6 nitrogen and oxygen atoms in total. The fourth-order valence-electron chi connectivity index (χ4n) is 3.40. The van der Waals surface area contributed by atoms with Crippen molar-refractivity contribution in [2.24, 2.45) is 0 Å². The maximum Gasteiger partial charge on any atom is 0.345 e. The Kier molecular flexibility index (Phi) is 3.46. The Hall–Kier alpha value is -2.86. The Bertz CT molecular complexity index is 793. The van der Waals surface area contributed by atoms with Crippen LogP contribution in [0.25, 0.3) is 0 Å². The van der Waals surface area contributed by atoms with Crippen LogP contribution in [0.15, 0.2) is 54.6 Å². The predicted octanol–water partition coefficient (Wildman–Crippen LogP) is 2.74. The van der Waals surface area contributed by atoms with Crippen LogP contribution in [-0.2, 0) is 16.2 Å².